The lowest BCUT2D eigenvalue weighted by atomic mass is 9.81. The number of rotatable bonds is 5. The van der Waals surface area contributed by atoms with E-state index in [4.69, 9.17) is 15.2 Å². The molecule has 6 heteroatoms. The Labute approximate surface area is 128 Å². The van der Waals surface area contributed by atoms with E-state index in [0.717, 1.165) is 10.0 Å². The molecule has 4 nitrogen and oxygen atoms in total. The lowest BCUT2D eigenvalue weighted by molar-refractivity contribution is 0.131. The maximum Gasteiger partial charge on any atom is 0.133 e. The molecule has 1 aromatic carbocycles. The Bertz CT molecular complexity index is 427. The van der Waals surface area contributed by atoms with E-state index >= 15 is 0 Å². The summed E-state index contributed by atoms with van der Waals surface area (Å²) >= 11 is 3.40. The molecule has 0 aliphatic heterocycles. The van der Waals surface area contributed by atoms with Crippen LogP contribution in [0.5, 0.6) is 11.5 Å². The zero-order valence-corrected chi connectivity index (χ0v) is 14.0. The molecular weight excluding hydrogens is 334 g/mol. The van der Waals surface area contributed by atoms with Crippen molar-refractivity contribution in [2.45, 2.75) is 19.9 Å². The molecule has 0 bridgehead atoms. The highest BCUT2D eigenvalue weighted by molar-refractivity contribution is 9.10. The van der Waals surface area contributed by atoms with Crippen molar-refractivity contribution in [3.05, 3.63) is 22.2 Å². The number of ether oxygens (including phenoxy) is 2. The molecule has 110 valence electrons. The van der Waals surface area contributed by atoms with Gasteiger partial charge in [-0.05, 0) is 28.1 Å². The third kappa shape index (κ3) is 3.99. The number of halogens is 2. The summed E-state index contributed by atoms with van der Waals surface area (Å²) in [6.45, 7) is 3.81. The van der Waals surface area contributed by atoms with E-state index in [1.54, 1.807) is 14.2 Å². The summed E-state index contributed by atoms with van der Waals surface area (Å²) in [5.41, 5.74) is 6.60. The largest absolute Gasteiger partial charge is 0.496 e. The first-order chi connectivity index (χ1) is 8.37. The van der Waals surface area contributed by atoms with Gasteiger partial charge >= 0.3 is 0 Å². The highest BCUT2D eigenvalue weighted by atomic mass is 79.9. The van der Waals surface area contributed by atoms with Crippen LogP contribution in [0.2, 0.25) is 0 Å². The minimum absolute atomic E-state index is 0. The Morgan fingerprint density at radius 2 is 1.79 bits per heavy atom. The van der Waals surface area contributed by atoms with Gasteiger partial charge in [-0.1, -0.05) is 13.8 Å². The van der Waals surface area contributed by atoms with E-state index in [1.807, 2.05) is 26.0 Å². The molecule has 0 saturated heterocycles. The third-order valence-electron chi connectivity index (χ3n) is 3.09. The highest BCUT2D eigenvalue weighted by Crippen LogP contribution is 2.40. The SMILES string of the molecule is COc1cc([C@@H](N)C(C)(C)CO)c(OC)cc1Br.Cl. The van der Waals surface area contributed by atoms with Crippen molar-refractivity contribution in [1.82, 2.24) is 0 Å². The van der Waals surface area contributed by atoms with Crippen LogP contribution in [-0.2, 0) is 0 Å². The highest BCUT2D eigenvalue weighted by Gasteiger charge is 2.30. The second-order valence-electron chi connectivity index (χ2n) is 4.85. The van der Waals surface area contributed by atoms with Crippen LogP contribution in [0.3, 0.4) is 0 Å². The number of aliphatic hydroxyl groups is 1. The van der Waals surface area contributed by atoms with Crippen LogP contribution >= 0.6 is 28.3 Å². The number of methoxy groups -OCH3 is 2. The number of hydrogen-bond donors (Lipinski definition) is 2. The predicted octanol–water partition coefficient (Wildman–Crippen LogP) is 2.91. The van der Waals surface area contributed by atoms with Gasteiger partial charge in [0, 0.05) is 23.6 Å². The van der Waals surface area contributed by atoms with Crippen molar-refractivity contribution in [2.24, 2.45) is 11.1 Å². The van der Waals surface area contributed by atoms with E-state index in [-0.39, 0.29) is 25.1 Å². The summed E-state index contributed by atoms with van der Waals surface area (Å²) in [5.74, 6) is 1.37. The summed E-state index contributed by atoms with van der Waals surface area (Å²) in [4.78, 5) is 0. The molecular formula is C13H21BrClNO3. The van der Waals surface area contributed by atoms with E-state index < -0.39 is 5.41 Å². The van der Waals surface area contributed by atoms with Gasteiger partial charge in [0.05, 0.1) is 18.7 Å². The number of nitrogens with two attached hydrogens (primary N) is 1. The van der Waals surface area contributed by atoms with Gasteiger partial charge in [0.15, 0.2) is 0 Å². The van der Waals surface area contributed by atoms with Crippen molar-refractivity contribution >= 4 is 28.3 Å². The lowest BCUT2D eigenvalue weighted by Gasteiger charge is -2.31. The molecule has 3 N–H and O–H groups in total. The second kappa shape index (κ2) is 7.33. The summed E-state index contributed by atoms with van der Waals surface area (Å²) < 4.78 is 11.4. The maximum atomic E-state index is 9.41. The molecule has 0 fully saturated rings. The molecule has 19 heavy (non-hydrogen) atoms. The van der Waals surface area contributed by atoms with Crippen molar-refractivity contribution in [1.29, 1.82) is 0 Å². The van der Waals surface area contributed by atoms with Crippen molar-refractivity contribution < 1.29 is 14.6 Å². The fourth-order valence-electron chi connectivity index (χ4n) is 1.65. The topological polar surface area (TPSA) is 64.7 Å². The molecule has 1 rings (SSSR count). The van der Waals surface area contributed by atoms with Crippen LogP contribution in [-0.4, -0.2) is 25.9 Å². The van der Waals surface area contributed by atoms with Gasteiger partial charge in [0.2, 0.25) is 0 Å². The summed E-state index contributed by atoms with van der Waals surface area (Å²) in [7, 11) is 3.19. The number of hydrogen-bond acceptors (Lipinski definition) is 4. The molecule has 0 unspecified atom stereocenters. The van der Waals surface area contributed by atoms with E-state index in [9.17, 15) is 5.11 Å². The van der Waals surface area contributed by atoms with Gasteiger partial charge in [-0.25, -0.2) is 0 Å². The zero-order valence-electron chi connectivity index (χ0n) is 11.6. The average molecular weight is 355 g/mol. The van der Waals surface area contributed by atoms with E-state index in [2.05, 4.69) is 15.9 Å². The fraction of sp³-hybridized carbons (Fsp3) is 0.538. The van der Waals surface area contributed by atoms with Crippen LogP contribution in [0.1, 0.15) is 25.5 Å². The molecule has 0 aliphatic rings. The standard InChI is InChI=1S/C13H20BrNO3.ClH/c1-13(2,7-16)12(15)8-5-11(18-4)9(14)6-10(8)17-3;/h5-6,12,16H,7,15H2,1-4H3;1H/t12-;/m1./s1. The summed E-state index contributed by atoms with van der Waals surface area (Å²) in [6, 6.07) is 3.31. The average Bonchev–Trinajstić information content (AvgIpc) is 2.37. The second-order valence-corrected chi connectivity index (χ2v) is 5.71. The molecule has 1 aromatic rings. The molecule has 0 heterocycles. The van der Waals surface area contributed by atoms with Gasteiger partial charge < -0.3 is 20.3 Å². The zero-order chi connectivity index (χ0) is 13.9. The molecule has 0 amide bonds. The minimum atomic E-state index is -0.438. The van der Waals surface area contributed by atoms with Crippen LogP contribution in [0.4, 0.5) is 0 Å². The van der Waals surface area contributed by atoms with Crippen LogP contribution < -0.4 is 15.2 Å². The first-order valence-electron chi connectivity index (χ1n) is 5.65. The van der Waals surface area contributed by atoms with Crippen LogP contribution in [0, 0.1) is 5.41 Å². The minimum Gasteiger partial charge on any atom is -0.496 e. The van der Waals surface area contributed by atoms with E-state index in [0.29, 0.717) is 11.5 Å². The smallest absolute Gasteiger partial charge is 0.133 e. The fourth-order valence-corrected chi connectivity index (χ4v) is 2.13. The van der Waals surface area contributed by atoms with E-state index in [1.165, 1.54) is 0 Å². The van der Waals surface area contributed by atoms with Crippen LogP contribution in [0.25, 0.3) is 0 Å². The molecule has 0 spiro atoms. The molecule has 1 atom stereocenters. The summed E-state index contributed by atoms with van der Waals surface area (Å²) in [6.07, 6.45) is 0. The van der Waals surface area contributed by atoms with Crippen molar-refractivity contribution in [2.75, 3.05) is 20.8 Å². The molecule has 0 saturated carbocycles. The monoisotopic (exact) mass is 353 g/mol. The molecule has 0 radical (unpaired) electrons. The quantitative estimate of drug-likeness (QED) is 0.853. The van der Waals surface area contributed by atoms with Gasteiger partial charge in [0.1, 0.15) is 11.5 Å². The first kappa shape index (κ1) is 18.5. The van der Waals surface area contributed by atoms with Crippen molar-refractivity contribution in [3.8, 4) is 11.5 Å². The lowest BCUT2D eigenvalue weighted by Crippen LogP contribution is -2.32. The molecule has 0 aliphatic carbocycles. The van der Waals surface area contributed by atoms with Gasteiger partial charge in [-0.3, -0.25) is 0 Å². The Morgan fingerprint density at radius 3 is 2.21 bits per heavy atom. The van der Waals surface area contributed by atoms with Crippen molar-refractivity contribution in [3.63, 3.8) is 0 Å². The van der Waals surface area contributed by atoms with Gasteiger partial charge in [0.25, 0.3) is 0 Å². The predicted molar refractivity (Wildman–Crippen MR) is 82.3 cm³/mol. The number of aliphatic hydroxyl groups excluding tert-OH is 1. The maximum absolute atomic E-state index is 9.41. The van der Waals surface area contributed by atoms with Crippen LogP contribution in [0.15, 0.2) is 16.6 Å². The van der Waals surface area contributed by atoms with Gasteiger partial charge in [-0.2, -0.15) is 0 Å². The Morgan fingerprint density at radius 1 is 1.26 bits per heavy atom. The Balaban J connectivity index is 0.00000324. The molecule has 0 aromatic heterocycles. The van der Waals surface area contributed by atoms with Gasteiger partial charge in [-0.15, -0.1) is 12.4 Å². The first-order valence-corrected chi connectivity index (χ1v) is 6.44. The summed E-state index contributed by atoms with van der Waals surface area (Å²) in [5, 5.41) is 9.41. The Hall–Kier alpha value is -0.490. The third-order valence-corrected chi connectivity index (χ3v) is 3.71. The normalized spacial score (nSPS) is 12.6. The number of benzene rings is 1. The Kier molecular flexibility index (Phi) is 7.15.